The Morgan fingerprint density at radius 1 is 1.15 bits per heavy atom. The van der Waals surface area contributed by atoms with E-state index < -0.39 is 0 Å². The van der Waals surface area contributed by atoms with Crippen molar-refractivity contribution in [2.45, 2.75) is 25.9 Å². The Morgan fingerprint density at radius 3 is 2.67 bits per heavy atom. The first-order valence-electron chi connectivity index (χ1n) is 8.66. The molecule has 140 valence electrons. The average molecular weight is 382 g/mol. The molecule has 1 heterocycles. The molecule has 0 saturated heterocycles. The van der Waals surface area contributed by atoms with Gasteiger partial charge in [-0.25, -0.2) is 4.98 Å². The lowest BCUT2D eigenvalue weighted by Crippen LogP contribution is -2.15. The van der Waals surface area contributed by atoms with Gasteiger partial charge in [-0.15, -0.1) is 0 Å². The van der Waals surface area contributed by atoms with Crippen LogP contribution in [0.1, 0.15) is 16.7 Å². The Bertz CT molecular complexity index is 966. The Morgan fingerprint density at radius 2 is 1.89 bits per heavy atom. The van der Waals surface area contributed by atoms with Crippen molar-refractivity contribution in [3.05, 3.63) is 65.5 Å². The fourth-order valence-electron chi connectivity index (χ4n) is 2.79. The molecule has 0 fully saturated rings. The van der Waals surface area contributed by atoms with Gasteiger partial charge in [0.1, 0.15) is 5.75 Å². The number of hydrogen-bond donors (Lipinski definition) is 1. The summed E-state index contributed by atoms with van der Waals surface area (Å²) in [6.45, 7) is 6.11. The Kier molecular flexibility index (Phi) is 5.86. The third-order valence-electron chi connectivity index (χ3n) is 4.19. The second-order valence-electron chi connectivity index (χ2n) is 6.41. The second kappa shape index (κ2) is 8.31. The van der Waals surface area contributed by atoms with Gasteiger partial charge in [0.05, 0.1) is 24.2 Å². The molecule has 0 aliphatic rings. The molecule has 1 amide bonds. The highest BCUT2D eigenvalue weighted by atomic mass is 32.2. The molecule has 0 saturated carbocycles. The van der Waals surface area contributed by atoms with E-state index in [1.807, 2.05) is 35.9 Å². The molecule has 0 bridgehead atoms. The van der Waals surface area contributed by atoms with Gasteiger partial charge in [0.2, 0.25) is 5.91 Å². The number of nitrogens with zero attached hydrogens (tertiary/aromatic N) is 2. The number of anilines is 1. The van der Waals surface area contributed by atoms with Crippen LogP contribution in [0.5, 0.6) is 5.75 Å². The Hall–Kier alpha value is -2.73. The minimum atomic E-state index is -0.0978. The summed E-state index contributed by atoms with van der Waals surface area (Å²) in [6, 6.07) is 12.0. The maximum atomic E-state index is 12.4. The zero-order valence-electron chi connectivity index (χ0n) is 15.9. The van der Waals surface area contributed by atoms with E-state index in [2.05, 4.69) is 42.3 Å². The van der Waals surface area contributed by atoms with Crippen LogP contribution in [0.15, 0.2) is 53.9 Å². The van der Waals surface area contributed by atoms with Crippen LogP contribution in [-0.2, 0) is 4.79 Å². The smallest absolute Gasteiger partial charge is 0.234 e. The predicted molar refractivity (Wildman–Crippen MR) is 110 cm³/mol. The van der Waals surface area contributed by atoms with Crippen LogP contribution in [0.25, 0.3) is 5.69 Å². The first kappa shape index (κ1) is 19.0. The number of nitrogens with one attached hydrogen (secondary N) is 1. The molecular weight excluding hydrogens is 358 g/mol. The normalized spacial score (nSPS) is 10.7. The molecule has 0 aliphatic heterocycles. The van der Waals surface area contributed by atoms with Crippen molar-refractivity contribution in [1.29, 1.82) is 0 Å². The number of carbonyl (C=O) groups is 1. The van der Waals surface area contributed by atoms with E-state index in [0.29, 0.717) is 11.4 Å². The minimum absolute atomic E-state index is 0.0978. The number of imidazole rings is 1. The molecule has 5 nitrogen and oxygen atoms in total. The van der Waals surface area contributed by atoms with E-state index in [1.54, 1.807) is 13.3 Å². The van der Waals surface area contributed by atoms with E-state index in [-0.39, 0.29) is 11.7 Å². The van der Waals surface area contributed by atoms with E-state index in [0.717, 1.165) is 22.0 Å². The molecule has 0 aliphatic carbocycles. The number of ether oxygens (including phenoxy) is 1. The van der Waals surface area contributed by atoms with Gasteiger partial charge in [-0.1, -0.05) is 30.0 Å². The van der Waals surface area contributed by atoms with Crippen LogP contribution in [0.3, 0.4) is 0 Å². The highest BCUT2D eigenvalue weighted by Crippen LogP contribution is 2.27. The van der Waals surface area contributed by atoms with Crippen molar-refractivity contribution in [2.24, 2.45) is 0 Å². The number of aromatic nitrogens is 2. The molecule has 2 aromatic carbocycles. The summed E-state index contributed by atoms with van der Waals surface area (Å²) in [5.74, 6) is 0.814. The molecular formula is C21H23N3O2S. The van der Waals surface area contributed by atoms with Gasteiger partial charge in [0.15, 0.2) is 5.16 Å². The van der Waals surface area contributed by atoms with Crippen molar-refractivity contribution in [1.82, 2.24) is 9.55 Å². The molecule has 6 heteroatoms. The lowest BCUT2D eigenvalue weighted by molar-refractivity contribution is -0.113. The SMILES string of the molecule is COc1ccc(C)cc1NC(=O)CSc1nccn1-c1cc(C)ccc1C. The molecule has 3 rings (SSSR count). The summed E-state index contributed by atoms with van der Waals surface area (Å²) in [7, 11) is 1.59. The van der Waals surface area contributed by atoms with Crippen LogP contribution < -0.4 is 10.1 Å². The number of amides is 1. The van der Waals surface area contributed by atoms with E-state index in [9.17, 15) is 4.79 Å². The summed E-state index contributed by atoms with van der Waals surface area (Å²) in [5, 5.41) is 3.71. The molecule has 0 spiro atoms. The Labute approximate surface area is 163 Å². The van der Waals surface area contributed by atoms with Gasteiger partial charge in [-0.05, 0) is 55.7 Å². The topological polar surface area (TPSA) is 56.1 Å². The second-order valence-corrected chi connectivity index (χ2v) is 7.35. The van der Waals surface area contributed by atoms with Crippen LogP contribution in [-0.4, -0.2) is 28.3 Å². The molecule has 0 unspecified atom stereocenters. The molecule has 1 aromatic heterocycles. The van der Waals surface area contributed by atoms with Crippen molar-refractivity contribution in [2.75, 3.05) is 18.2 Å². The van der Waals surface area contributed by atoms with Gasteiger partial charge in [-0.2, -0.15) is 0 Å². The molecule has 27 heavy (non-hydrogen) atoms. The summed E-state index contributed by atoms with van der Waals surface area (Å²) in [6.07, 6.45) is 3.68. The highest BCUT2D eigenvalue weighted by molar-refractivity contribution is 7.99. The van der Waals surface area contributed by atoms with Gasteiger partial charge < -0.3 is 10.1 Å². The molecule has 0 atom stereocenters. The maximum absolute atomic E-state index is 12.4. The third-order valence-corrected chi connectivity index (χ3v) is 5.16. The van der Waals surface area contributed by atoms with Crippen LogP contribution in [0, 0.1) is 20.8 Å². The van der Waals surface area contributed by atoms with Crippen molar-refractivity contribution >= 4 is 23.4 Å². The van der Waals surface area contributed by atoms with E-state index >= 15 is 0 Å². The summed E-state index contributed by atoms with van der Waals surface area (Å²) >= 11 is 1.41. The highest BCUT2D eigenvalue weighted by Gasteiger charge is 2.12. The summed E-state index contributed by atoms with van der Waals surface area (Å²) in [4.78, 5) is 16.8. The standard InChI is InChI=1S/C21H23N3O2S/c1-14-6-8-19(26-4)17(11-14)23-20(25)13-27-21-22-9-10-24(21)18-12-15(2)5-7-16(18)3/h5-12H,13H2,1-4H3,(H,23,25). The zero-order valence-corrected chi connectivity index (χ0v) is 16.8. The van der Waals surface area contributed by atoms with Gasteiger partial charge in [0.25, 0.3) is 0 Å². The minimum Gasteiger partial charge on any atom is -0.495 e. The Balaban J connectivity index is 1.71. The van der Waals surface area contributed by atoms with Crippen molar-refractivity contribution in [3.8, 4) is 11.4 Å². The number of aryl methyl sites for hydroxylation is 3. The predicted octanol–water partition coefficient (Wildman–Crippen LogP) is 4.54. The number of methoxy groups -OCH3 is 1. The summed E-state index contributed by atoms with van der Waals surface area (Å²) in [5.41, 5.74) is 5.17. The summed E-state index contributed by atoms with van der Waals surface area (Å²) < 4.78 is 7.34. The number of carbonyl (C=O) groups excluding carboxylic acids is 1. The largest absolute Gasteiger partial charge is 0.495 e. The average Bonchev–Trinajstić information content (AvgIpc) is 3.10. The van der Waals surface area contributed by atoms with Crippen LogP contribution in [0.2, 0.25) is 0 Å². The van der Waals surface area contributed by atoms with Crippen molar-refractivity contribution < 1.29 is 9.53 Å². The quantitative estimate of drug-likeness (QED) is 0.637. The van der Waals surface area contributed by atoms with E-state index in [1.165, 1.54) is 17.3 Å². The number of thioether (sulfide) groups is 1. The molecule has 3 aromatic rings. The number of rotatable bonds is 6. The number of benzene rings is 2. The zero-order chi connectivity index (χ0) is 19.4. The lowest BCUT2D eigenvalue weighted by Gasteiger charge is -2.12. The first-order chi connectivity index (χ1) is 13.0. The fraction of sp³-hybridized carbons (Fsp3) is 0.238. The van der Waals surface area contributed by atoms with Gasteiger partial charge >= 0.3 is 0 Å². The first-order valence-corrected chi connectivity index (χ1v) is 9.65. The molecule has 1 N–H and O–H groups in total. The van der Waals surface area contributed by atoms with Crippen LogP contribution in [0.4, 0.5) is 5.69 Å². The van der Waals surface area contributed by atoms with Gasteiger partial charge in [0, 0.05) is 12.4 Å². The molecule has 0 radical (unpaired) electrons. The van der Waals surface area contributed by atoms with E-state index in [4.69, 9.17) is 4.74 Å². The third kappa shape index (κ3) is 4.52. The monoisotopic (exact) mass is 381 g/mol. The lowest BCUT2D eigenvalue weighted by atomic mass is 10.1. The maximum Gasteiger partial charge on any atom is 0.234 e. The van der Waals surface area contributed by atoms with Crippen molar-refractivity contribution in [3.63, 3.8) is 0 Å². The van der Waals surface area contributed by atoms with Crippen LogP contribution >= 0.6 is 11.8 Å². The fourth-order valence-corrected chi connectivity index (χ4v) is 3.56. The van der Waals surface area contributed by atoms with Gasteiger partial charge in [-0.3, -0.25) is 9.36 Å². The number of hydrogen-bond acceptors (Lipinski definition) is 4.